The van der Waals surface area contributed by atoms with Crippen molar-refractivity contribution in [2.75, 3.05) is 19.7 Å². The third-order valence-corrected chi connectivity index (χ3v) is 8.00. The van der Waals surface area contributed by atoms with Crippen LogP contribution in [0.4, 0.5) is 4.39 Å². The largest absolute Gasteiger partial charge is 0.481 e. The van der Waals surface area contributed by atoms with Gasteiger partial charge in [-0.3, -0.25) is 19.2 Å². The molecule has 13 heteroatoms. The molecule has 3 heterocycles. The molecule has 2 N–H and O–H groups in total. The lowest BCUT2D eigenvalue weighted by molar-refractivity contribution is -0.138. The summed E-state index contributed by atoms with van der Waals surface area (Å²) >= 11 is 0. The second kappa shape index (κ2) is 13.5. The van der Waals surface area contributed by atoms with Gasteiger partial charge >= 0.3 is 5.97 Å². The second-order valence-electron chi connectivity index (χ2n) is 12.3. The fourth-order valence-electron chi connectivity index (χ4n) is 5.26. The first-order chi connectivity index (χ1) is 21.9. The molecule has 12 nitrogen and oxygen atoms in total. The Bertz CT molecular complexity index is 1740. The number of rotatable bonds is 11. The van der Waals surface area contributed by atoms with Crippen molar-refractivity contribution in [2.45, 2.75) is 58.4 Å². The predicted molar refractivity (Wildman–Crippen MR) is 164 cm³/mol. The van der Waals surface area contributed by atoms with Crippen LogP contribution in [-0.4, -0.2) is 74.2 Å². The summed E-state index contributed by atoms with van der Waals surface area (Å²) < 4.78 is 26.1. The number of carboxylic acids is 1. The summed E-state index contributed by atoms with van der Waals surface area (Å²) in [6.45, 7) is 5.80. The third-order valence-electron chi connectivity index (χ3n) is 8.00. The van der Waals surface area contributed by atoms with Crippen LogP contribution in [0.2, 0.25) is 0 Å². The molecule has 0 unspecified atom stereocenters. The Morgan fingerprint density at radius 2 is 1.80 bits per heavy atom. The lowest BCUT2D eigenvalue weighted by Crippen LogP contribution is -2.50. The average Bonchev–Trinajstić information content (AvgIpc) is 3.66. The molecule has 4 aromatic rings. The van der Waals surface area contributed by atoms with Gasteiger partial charge in [-0.1, -0.05) is 44.1 Å². The number of Topliss-reactive ketones (excluding diaryl/α,β-unsaturated/α-hetero) is 1. The standard InChI is InChI=1S/C33H36FN5O7/c1-33(2,3)27(40)19-45-28-18-25(36-39(28)22-7-5-4-6-8-22)31(43)35-24(11-12-29(41)42)32(44)38-15-13-20(14-16-38)30-23-10-9-21(34)17-26(23)46-37-30/h4-10,17-18,20,24H,11-16,19H2,1-3H3,(H,35,43)(H,41,42)/t24-/m0/s1. The summed E-state index contributed by atoms with van der Waals surface area (Å²) in [6, 6.07) is 13.4. The van der Waals surface area contributed by atoms with E-state index in [1.54, 1.807) is 56.0 Å². The molecule has 0 bridgehead atoms. The van der Waals surface area contributed by atoms with Crippen LogP contribution < -0.4 is 10.1 Å². The zero-order chi connectivity index (χ0) is 33.0. The number of benzene rings is 2. The van der Waals surface area contributed by atoms with Crippen LogP contribution in [0.5, 0.6) is 5.88 Å². The van der Waals surface area contributed by atoms with Crippen LogP contribution in [0.1, 0.15) is 68.6 Å². The number of carbonyl (C=O) groups is 4. The number of carbonyl (C=O) groups excluding carboxylic acids is 3. The van der Waals surface area contributed by atoms with Crippen LogP contribution in [0.3, 0.4) is 0 Å². The van der Waals surface area contributed by atoms with E-state index >= 15 is 0 Å². The van der Waals surface area contributed by atoms with Crippen molar-refractivity contribution in [3.8, 4) is 11.6 Å². The van der Waals surface area contributed by atoms with E-state index in [-0.39, 0.29) is 42.7 Å². The fraction of sp³-hybridized carbons (Fsp3) is 0.394. The lowest BCUT2D eigenvalue weighted by Gasteiger charge is -2.33. The van der Waals surface area contributed by atoms with E-state index in [9.17, 15) is 28.7 Å². The number of nitrogens with zero attached hydrogens (tertiary/aromatic N) is 4. The molecule has 1 fully saturated rings. The highest BCUT2D eigenvalue weighted by molar-refractivity contribution is 5.96. The number of amides is 2. The van der Waals surface area contributed by atoms with Crippen molar-refractivity contribution in [2.24, 2.45) is 5.41 Å². The molecule has 5 rings (SSSR count). The molecule has 1 atom stereocenters. The number of piperidine rings is 1. The first-order valence-electron chi connectivity index (χ1n) is 15.1. The molecule has 0 saturated carbocycles. The third kappa shape index (κ3) is 7.41. The Kier molecular flexibility index (Phi) is 9.49. The second-order valence-corrected chi connectivity index (χ2v) is 12.3. The van der Waals surface area contributed by atoms with E-state index in [0.29, 0.717) is 42.9 Å². The number of aliphatic carboxylic acids is 1. The van der Waals surface area contributed by atoms with E-state index < -0.39 is 35.1 Å². The summed E-state index contributed by atoms with van der Waals surface area (Å²) in [7, 11) is 0. The Balaban J connectivity index is 1.30. The van der Waals surface area contributed by atoms with Gasteiger partial charge in [-0.2, -0.15) is 5.10 Å². The highest BCUT2D eigenvalue weighted by atomic mass is 19.1. The summed E-state index contributed by atoms with van der Waals surface area (Å²) in [4.78, 5) is 52.7. The molecular weight excluding hydrogens is 597 g/mol. The van der Waals surface area contributed by atoms with Gasteiger partial charge in [0, 0.05) is 48.4 Å². The maximum atomic E-state index is 13.6. The minimum absolute atomic E-state index is 0.0200. The molecule has 1 aliphatic heterocycles. The normalized spacial score (nSPS) is 14.7. The minimum atomic E-state index is -1.12. The maximum Gasteiger partial charge on any atom is 0.303 e. The smallest absolute Gasteiger partial charge is 0.303 e. The molecule has 1 aliphatic rings. The zero-order valence-electron chi connectivity index (χ0n) is 25.9. The van der Waals surface area contributed by atoms with Crippen molar-refractivity contribution >= 4 is 34.5 Å². The first-order valence-corrected chi connectivity index (χ1v) is 15.1. The van der Waals surface area contributed by atoms with Gasteiger partial charge < -0.3 is 24.6 Å². The quantitative estimate of drug-likeness (QED) is 0.242. The van der Waals surface area contributed by atoms with Gasteiger partial charge in [-0.15, -0.1) is 0 Å². The number of nitrogens with one attached hydrogen (secondary N) is 1. The Morgan fingerprint density at radius 3 is 2.48 bits per heavy atom. The van der Waals surface area contributed by atoms with Crippen molar-refractivity contribution in [3.05, 3.63) is 71.8 Å². The topological polar surface area (TPSA) is 157 Å². The van der Waals surface area contributed by atoms with Gasteiger partial charge in [0.1, 0.15) is 18.5 Å². The molecule has 0 aliphatic carbocycles. The summed E-state index contributed by atoms with van der Waals surface area (Å²) in [5.74, 6) is -2.63. The van der Waals surface area contributed by atoms with Gasteiger partial charge in [0.15, 0.2) is 17.1 Å². The van der Waals surface area contributed by atoms with Crippen molar-refractivity contribution < 1.29 is 37.9 Å². The molecular formula is C33H36FN5O7. The monoisotopic (exact) mass is 633 g/mol. The number of ether oxygens (including phenoxy) is 1. The van der Waals surface area contributed by atoms with E-state index in [1.807, 2.05) is 6.07 Å². The van der Waals surface area contributed by atoms with Crippen LogP contribution in [-0.2, 0) is 14.4 Å². The fourth-order valence-corrected chi connectivity index (χ4v) is 5.26. The Labute approximate surface area is 264 Å². The molecule has 0 radical (unpaired) electrons. The number of aromatic nitrogens is 3. The molecule has 2 amide bonds. The van der Waals surface area contributed by atoms with Crippen molar-refractivity contribution in [1.29, 1.82) is 0 Å². The van der Waals surface area contributed by atoms with E-state index in [0.717, 1.165) is 5.39 Å². The average molecular weight is 634 g/mol. The van der Waals surface area contributed by atoms with Gasteiger partial charge in [-0.05, 0) is 43.5 Å². The van der Waals surface area contributed by atoms with Crippen LogP contribution in [0.15, 0.2) is 59.1 Å². The summed E-state index contributed by atoms with van der Waals surface area (Å²) in [5, 5.41) is 21.3. The number of carboxylic acid groups (broad SMARTS) is 1. The number of hydrogen-bond donors (Lipinski definition) is 2. The number of ketones is 1. The molecule has 1 saturated heterocycles. The molecule has 2 aromatic heterocycles. The number of halogens is 1. The predicted octanol–water partition coefficient (Wildman–Crippen LogP) is 4.52. The van der Waals surface area contributed by atoms with Gasteiger partial charge in [0.25, 0.3) is 5.91 Å². The van der Waals surface area contributed by atoms with Gasteiger partial charge in [-0.25, -0.2) is 9.07 Å². The number of hydrogen-bond acceptors (Lipinski definition) is 8. The summed E-state index contributed by atoms with van der Waals surface area (Å²) in [5.41, 5.74) is 0.948. The SMILES string of the molecule is CC(C)(C)C(=O)COc1cc(C(=O)N[C@@H](CCC(=O)O)C(=O)N2CCC(c3noc4cc(F)ccc34)CC2)nn1-c1ccccc1. The number of fused-ring (bicyclic) bond motifs is 1. The molecule has 46 heavy (non-hydrogen) atoms. The van der Waals surface area contributed by atoms with Gasteiger partial charge in [0.05, 0.1) is 11.4 Å². The minimum Gasteiger partial charge on any atom is -0.481 e. The number of likely N-dealkylation sites (tertiary alicyclic amines) is 1. The molecule has 2 aromatic carbocycles. The Morgan fingerprint density at radius 1 is 1.09 bits per heavy atom. The molecule has 242 valence electrons. The first kappa shape index (κ1) is 32.3. The highest BCUT2D eigenvalue weighted by Gasteiger charge is 2.33. The maximum absolute atomic E-state index is 13.6. The number of para-hydroxylation sites is 1. The lowest BCUT2D eigenvalue weighted by atomic mass is 9.91. The highest BCUT2D eigenvalue weighted by Crippen LogP contribution is 2.33. The summed E-state index contributed by atoms with van der Waals surface area (Å²) in [6.07, 6.45) is 0.651. The van der Waals surface area contributed by atoms with Crippen molar-refractivity contribution in [1.82, 2.24) is 25.2 Å². The van der Waals surface area contributed by atoms with E-state index in [2.05, 4.69) is 15.6 Å². The molecule has 0 spiro atoms. The van der Waals surface area contributed by atoms with Gasteiger partial charge in [0.2, 0.25) is 11.8 Å². The van der Waals surface area contributed by atoms with E-state index in [4.69, 9.17) is 9.26 Å². The zero-order valence-corrected chi connectivity index (χ0v) is 25.9. The Hall–Kier alpha value is -5.07. The van der Waals surface area contributed by atoms with E-state index in [1.165, 1.54) is 22.9 Å². The van der Waals surface area contributed by atoms with Crippen LogP contribution in [0, 0.1) is 11.2 Å². The van der Waals surface area contributed by atoms with Crippen LogP contribution in [0.25, 0.3) is 16.7 Å². The van der Waals surface area contributed by atoms with Crippen LogP contribution >= 0.6 is 0 Å². The van der Waals surface area contributed by atoms with Crippen molar-refractivity contribution in [3.63, 3.8) is 0 Å².